The molecule has 3 aromatic carbocycles. The number of anilines is 1. The molecule has 0 aromatic heterocycles. The van der Waals surface area contributed by atoms with Gasteiger partial charge in [0.05, 0.1) is 20.3 Å². The van der Waals surface area contributed by atoms with E-state index in [-0.39, 0.29) is 12.0 Å². The summed E-state index contributed by atoms with van der Waals surface area (Å²) in [6.07, 6.45) is 4.18. The number of para-hydroxylation sites is 1. The zero-order valence-electron chi connectivity index (χ0n) is 17.2. The van der Waals surface area contributed by atoms with Gasteiger partial charge in [-0.05, 0) is 59.0 Å². The minimum Gasteiger partial charge on any atom is -0.497 e. The molecule has 0 saturated carbocycles. The summed E-state index contributed by atoms with van der Waals surface area (Å²) in [6, 6.07) is 25.4. The van der Waals surface area contributed by atoms with Crippen LogP contribution in [-0.4, -0.2) is 26.7 Å². The maximum atomic E-state index is 11.4. The van der Waals surface area contributed by atoms with Crippen LogP contribution in [0.25, 0.3) is 6.08 Å². The number of hydrogen-bond acceptors (Lipinski definition) is 4. The van der Waals surface area contributed by atoms with Crippen molar-refractivity contribution in [1.82, 2.24) is 0 Å². The van der Waals surface area contributed by atoms with Gasteiger partial charge < -0.3 is 14.4 Å². The quantitative estimate of drug-likeness (QED) is 0.445. The Morgan fingerprint density at radius 3 is 2.47 bits per heavy atom. The van der Waals surface area contributed by atoms with Crippen LogP contribution in [0, 0.1) is 0 Å². The molecule has 0 amide bonds. The van der Waals surface area contributed by atoms with Crippen molar-refractivity contribution in [1.29, 1.82) is 0 Å². The second-order valence-corrected chi connectivity index (χ2v) is 7.27. The monoisotopic (exact) mass is 399 g/mol. The molecular formula is C26H25NO3. The van der Waals surface area contributed by atoms with Crippen molar-refractivity contribution in [3.63, 3.8) is 0 Å². The van der Waals surface area contributed by atoms with Crippen molar-refractivity contribution in [2.45, 2.75) is 12.5 Å². The van der Waals surface area contributed by atoms with E-state index in [1.54, 1.807) is 13.2 Å². The fourth-order valence-corrected chi connectivity index (χ4v) is 4.01. The highest BCUT2D eigenvalue weighted by molar-refractivity contribution is 5.86. The molecule has 0 saturated heterocycles. The number of rotatable bonds is 5. The molecule has 152 valence electrons. The molecular weight excluding hydrogens is 374 g/mol. The summed E-state index contributed by atoms with van der Waals surface area (Å²) < 4.78 is 10.1. The van der Waals surface area contributed by atoms with Crippen molar-refractivity contribution < 1.29 is 14.3 Å². The summed E-state index contributed by atoms with van der Waals surface area (Å²) in [5.41, 5.74) is 5.99. The molecule has 1 aliphatic heterocycles. The Balaban J connectivity index is 1.73. The van der Waals surface area contributed by atoms with Gasteiger partial charge in [0.15, 0.2) is 0 Å². The number of nitrogens with zero attached hydrogens (tertiary/aromatic N) is 1. The molecule has 0 spiro atoms. The van der Waals surface area contributed by atoms with Gasteiger partial charge in [-0.15, -0.1) is 0 Å². The molecule has 1 heterocycles. The Bertz CT molecular complexity index is 1040. The zero-order chi connectivity index (χ0) is 20.9. The molecule has 0 fully saturated rings. The molecule has 0 aliphatic carbocycles. The maximum Gasteiger partial charge on any atom is 0.330 e. The van der Waals surface area contributed by atoms with Gasteiger partial charge in [0.1, 0.15) is 5.75 Å². The number of carbonyl (C=O) groups excluding carboxylic acids is 1. The summed E-state index contributed by atoms with van der Waals surface area (Å²) in [4.78, 5) is 13.8. The number of methoxy groups -OCH3 is 2. The summed E-state index contributed by atoms with van der Waals surface area (Å²) in [7, 11) is 3.09. The number of benzene rings is 3. The van der Waals surface area contributed by atoms with Gasteiger partial charge in [0, 0.05) is 18.3 Å². The van der Waals surface area contributed by atoms with Crippen LogP contribution in [0.1, 0.15) is 28.3 Å². The molecule has 1 unspecified atom stereocenters. The van der Waals surface area contributed by atoms with E-state index >= 15 is 0 Å². The third-order valence-corrected chi connectivity index (χ3v) is 5.53. The van der Waals surface area contributed by atoms with Gasteiger partial charge in [-0.25, -0.2) is 4.79 Å². The zero-order valence-corrected chi connectivity index (χ0v) is 17.2. The lowest BCUT2D eigenvalue weighted by Gasteiger charge is -2.39. The van der Waals surface area contributed by atoms with E-state index in [0.29, 0.717) is 0 Å². The lowest BCUT2D eigenvalue weighted by atomic mass is 9.87. The van der Waals surface area contributed by atoms with Crippen LogP contribution < -0.4 is 9.64 Å². The van der Waals surface area contributed by atoms with E-state index < -0.39 is 0 Å². The summed E-state index contributed by atoms with van der Waals surface area (Å²) in [5.74, 6) is 0.536. The second kappa shape index (κ2) is 8.87. The molecule has 0 N–H and O–H groups in total. The minimum atomic E-state index is -0.357. The second-order valence-electron chi connectivity index (χ2n) is 7.27. The summed E-state index contributed by atoms with van der Waals surface area (Å²) in [5, 5.41) is 0. The van der Waals surface area contributed by atoms with Crippen LogP contribution in [0.2, 0.25) is 0 Å². The van der Waals surface area contributed by atoms with Crippen LogP contribution >= 0.6 is 0 Å². The Hall–Kier alpha value is -3.53. The third-order valence-electron chi connectivity index (χ3n) is 5.53. The van der Waals surface area contributed by atoms with Crippen molar-refractivity contribution in [2.75, 3.05) is 25.7 Å². The van der Waals surface area contributed by atoms with Gasteiger partial charge >= 0.3 is 5.97 Å². The number of fused-ring (bicyclic) bond motifs is 1. The number of carbonyl (C=O) groups is 1. The molecule has 4 nitrogen and oxygen atoms in total. The topological polar surface area (TPSA) is 38.8 Å². The maximum absolute atomic E-state index is 11.4. The van der Waals surface area contributed by atoms with E-state index in [0.717, 1.165) is 24.3 Å². The van der Waals surface area contributed by atoms with Crippen LogP contribution in [0.5, 0.6) is 5.75 Å². The van der Waals surface area contributed by atoms with Crippen molar-refractivity contribution in [3.8, 4) is 5.75 Å². The first-order valence-corrected chi connectivity index (χ1v) is 10.0. The fraction of sp³-hybridized carbons (Fsp3) is 0.192. The highest BCUT2D eigenvalue weighted by atomic mass is 16.5. The van der Waals surface area contributed by atoms with Crippen molar-refractivity contribution >= 4 is 17.7 Å². The van der Waals surface area contributed by atoms with Gasteiger partial charge in [-0.1, -0.05) is 48.5 Å². The third kappa shape index (κ3) is 4.08. The van der Waals surface area contributed by atoms with Crippen LogP contribution in [0.3, 0.4) is 0 Å². The predicted octanol–water partition coefficient (Wildman–Crippen LogP) is 5.03. The average Bonchev–Trinajstić information content (AvgIpc) is 2.82. The van der Waals surface area contributed by atoms with Gasteiger partial charge in [0.25, 0.3) is 0 Å². The van der Waals surface area contributed by atoms with Crippen molar-refractivity contribution in [2.24, 2.45) is 0 Å². The van der Waals surface area contributed by atoms with Crippen LogP contribution in [0.4, 0.5) is 5.69 Å². The molecule has 4 rings (SSSR count). The first-order valence-electron chi connectivity index (χ1n) is 10.0. The van der Waals surface area contributed by atoms with Crippen molar-refractivity contribution in [3.05, 3.63) is 101 Å². The largest absolute Gasteiger partial charge is 0.497 e. The molecule has 0 radical (unpaired) electrons. The summed E-state index contributed by atoms with van der Waals surface area (Å²) >= 11 is 0. The number of ether oxygens (including phenoxy) is 2. The molecule has 0 bridgehead atoms. The summed E-state index contributed by atoms with van der Waals surface area (Å²) in [6.45, 7) is 0.929. The first-order chi connectivity index (χ1) is 14.7. The Labute approximate surface area is 177 Å². The number of hydrogen-bond donors (Lipinski definition) is 0. The average molecular weight is 399 g/mol. The first kappa shape index (κ1) is 19.8. The van der Waals surface area contributed by atoms with Gasteiger partial charge in [-0.3, -0.25) is 0 Å². The molecule has 3 aromatic rings. The van der Waals surface area contributed by atoms with E-state index in [2.05, 4.69) is 58.2 Å². The minimum absolute atomic E-state index is 0.112. The van der Waals surface area contributed by atoms with E-state index in [1.807, 2.05) is 24.3 Å². The van der Waals surface area contributed by atoms with Crippen LogP contribution in [0.15, 0.2) is 78.9 Å². The molecule has 1 aliphatic rings. The molecule has 1 atom stereocenters. The van der Waals surface area contributed by atoms with E-state index in [1.165, 1.54) is 35.6 Å². The molecule has 30 heavy (non-hydrogen) atoms. The molecule has 4 heteroatoms. The predicted molar refractivity (Wildman–Crippen MR) is 120 cm³/mol. The number of esters is 1. The van der Waals surface area contributed by atoms with E-state index in [4.69, 9.17) is 4.74 Å². The van der Waals surface area contributed by atoms with Gasteiger partial charge in [0.2, 0.25) is 0 Å². The fourth-order valence-electron chi connectivity index (χ4n) is 4.01. The Kier molecular flexibility index (Phi) is 5.84. The Morgan fingerprint density at radius 1 is 1.00 bits per heavy atom. The highest BCUT2D eigenvalue weighted by Gasteiger charge is 2.29. The smallest absolute Gasteiger partial charge is 0.330 e. The standard InChI is InChI=1S/C26H25NO3/c1-29-23-13-14-24-21(18-23)16-17-27(22-6-4-3-5-7-22)26(24)20-11-8-19(9-12-20)10-15-25(28)30-2/h3-15,18,26H,16-17H2,1-2H3/b15-10+. The SMILES string of the molecule is COC(=O)/C=C/c1ccc(C2c3ccc(OC)cc3CCN2c2ccccc2)cc1. The van der Waals surface area contributed by atoms with E-state index in [9.17, 15) is 4.79 Å². The Morgan fingerprint density at radius 2 is 1.77 bits per heavy atom. The normalized spacial score (nSPS) is 15.7. The van der Waals surface area contributed by atoms with Crippen LogP contribution in [-0.2, 0) is 16.0 Å². The highest BCUT2D eigenvalue weighted by Crippen LogP contribution is 2.39. The van der Waals surface area contributed by atoms with Gasteiger partial charge in [-0.2, -0.15) is 0 Å². The lowest BCUT2D eigenvalue weighted by Crippen LogP contribution is -2.36. The lowest BCUT2D eigenvalue weighted by molar-refractivity contribution is -0.134.